The second kappa shape index (κ2) is 9.53. The summed E-state index contributed by atoms with van der Waals surface area (Å²) in [7, 11) is 3.14. The minimum atomic E-state index is -0.376. The van der Waals surface area contributed by atoms with Gasteiger partial charge >= 0.3 is 12.0 Å². The molecular formula is C28H35N3O4. The van der Waals surface area contributed by atoms with Crippen molar-refractivity contribution in [2.24, 2.45) is 0 Å². The molecule has 1 N–H and O–H groups in total. The van der Waals surface area contributed by atoms with E-state index in [1.165, 1.54) is 36.6 Å². The van der Waals surface area contributed by atoms with Gasteiger partial charge in [0, 0.05) is 25.3 Å². The van der Waals surface area contributed by atoms with Crippen LogP contribution in [-0.4, -0.2) is 56.3 Å². The number of nitrogens with one attached hydrogen (secondary N) is 1. The van der Waals surface area contributed by atoms with Crippen molar-refractivity contribution in [1.29, 1.82) is 0 Å². The van der Waals surface area contributed by atoms with Gasteiger partial charge in [0.15, 0.2) is 0 Å². The van der Waals surface area contributed by atoms with Crippen LogP contribution in [0.3, 0.4) is 0 Å². The van der Waals surface area contributed by atoms with Gasteiger partial charge < -0.3 is 14.8 Å². The van der Waals surface area contributed by atoms with Crippen LogP contribution in [0.5, 0.6) is 5.75 Å². The molecule has 5 rings (SSSR count). The Kier molecular flexibility index (Phi) is 6.45. The number of aryl methyl sites for hydroxylation is 1. The van der Waals surface area contributed by atoms with E-state index >= 15 is 0 Å². The number of benzene rings is 2. The Labute approximate surface area is 207 Å². The summed E-state index contributed by atoms with van der Waals surface area (Å²) in [5, 5.41) is 3.27. The number of nitrogens with zero attached hydrogens (tertiary/aromatic N) is 2. The predicted molar refractivity (Wildman–Crippen MR) is 135 cm³/mol. The Bertz CT molecular complexity index is 1100. The van der Waals surface area contributed by atoms with Gasteiger partial charge in [-0.1, -0.05) is 13.0 Å². The van der Waals surface area contributed by atoms with E-state index in [9.17, 15) is 9.59 Å². The van der Waals surface area contributed by atoms with Crippen LogP contribution in [0.25, 0.3) is 0 Å². The molecule has 2 aromatic carbocycles. The normalized spacial score (nSPS) is 19.6. The summed E-state index contributed by atoms with van der Waals surface area (Å²) >= 11 is 0. The fourth-order valence-corrected chi connectivity index (χ4v) is 5.53. The first-order chi connectivity index (χ1) is 16.9. The molecule has 3 aliphatic rings. The van der Waals surface area contributed by atoms with E-state index < -0.39 is 0 Å². The highest BCUT2D eigenvalue weighted by Gasteiger charge is 2.45. The first kappa shape index (κ1) is 23.7. The molecule has 35 heavy (non-hydrogen) atoms. The standard InChI is InChI=1S/C28H35N3O4/c1-4-19-16-25(34-2)24(20-5-6-20)15-22(19)17-30-13-11-28(12-14-30)18-31(27(33)29-28)23-9-7-21(8-10-23)26(32)35-3/h7-10,15-16,20H,4-6,11-14,17-18H2,1-3H3,(H,29,33). The summed E-state index contributed by atoms with van der Waals surface area (Å²) in [5.74, 6) is 1.32. The summed E-state index contributed by atoms with van der Waals surface area (Å²) in [6.07, 6.45) is 5.35. The molecule has 7 nitrogen and oxygen atoms in total. The Morgan fingerprint density at radius 1 is 1.09 bits per heavy atom. The van der Waals surface area contributed by atoms with Crippen LogP contribution >= 0.6 is 0 Å². The van der Waals surface area contributed by atoms with Crippen LogP contribution in [0.4, 0.5) is 10.5 Å². The van der Waals surface area contributed by atoms with Crippen LogP contribution in [0.2, 0.25) is 0 Å². The molecule has 3 fully saturated rings. The number of piperidine rings is 1. The van der Waals surface area contributed by atoms with Crippen LogP contribution in [0.1, 0.15) is 65.6 Å². The number of amides is 2. The van der Waals surface area contributed by atoms with E-state index in [0.717, 1.165) is 50.3 Å². The average molecular weight is 478 g/mol. The monoisotopic (exact) mass is 477 g/mol. The smallest absolute Gasteiger partial charge is 0.337 e. The largest absolute Gasteiger partial charge is 0.496 e. The molecule has 186 valence electrons. The molecular weight excluding hydrogens is 442 g/mol. The van der Waals surface area contributed by atoms with Crippen LogP contribution < -0.4 is 15.0 Å². The lowest BCUT2D eigenvalue weighted by molar-refractivity contribution is 0.0600. The molecule has 2 saturated heterocycles. The van der Waals surface area contributed by atoms with Crippen molar-refractivity contribution in [2.75, 3.05) is 38.8 Å². The van der Waals surface area contributed by atoms with Gasteiger partial charge in [-0.25, -0.2) is 9.59 Å². The molecule has 1 saturated carbocycles. The first-order valence-corrected chi connectivity index (χ1v) is 12.7. The van der Waals surface area contributed by atoms with E-state index in [1.54, 1.807) is 24.1 Å². The molecule has 2 aliphatic heterocycles. The highest BCUT2D eigenvalue weighted by Crippen LogP contribution is 2.45. The lowest BCUT2D eigenvalue weighted by Gasteiger charge is -2.39. The summed E-state index contributed by atoms with van der Waals surface area (Å²) in [4.78, 5) is 28.9. The maximum absolute atomic E-state index is 12.8. The van der Waals surface area contributed by atoms with E-state index in [1.807, 2.05) is 12.1 Å². The maximum Gasteiger partial charge on any atom is 0.337 e. The van der Waals surface area contributed by atoms with Gasteiger partial charge in [-0.3, -0.25) is 9.80 Å². The van der Waals surface area contributed by atoms with Crippen molar-refractivity contribution in [3.63, 3.8) is 0 Å². The number of urea groups is 1. The van der Waals surface area contributed by atoms with Crippen molar-refractivity contribution in [3.8, 4) is 5.75 Å². The lowest BCUT2D eigenvalue weighted by atomic mass is 9.87. The third-order valence-electron chi connectivity index (χ3n) is 7.84. The third kappa shape index (κ3) is 4.74. The fraction of sp³-hybridized carbons (Fsp3) is 0.500. The second-order valence-electron chi connectivity index (χ2n) is 10.1. The number of carbonyl (C=O) groups excluding carboxylic acids is 2. The van der Waals surface area contributed by atoms with Crippen molar-refractivity contribution < 1.29 is 19.1 Å². The predicted octanol–water partition coefficient (Wildman–Crippen LogP) is 4.49. The van der Waals surface area contributed by atoms with E-state index in [-0.39, 0.29) is 17.5 Å². The maximum atomic E-state index is 12.8. The van der Waals surface area contributed by atoms with Gasteiger partial charge in [-0.15, -0.1) is 0 Å². The number of rotatable bonds is 7. The van der Waals surface area contributed by atoms with Crippen LogP contribution in [0, 0.1) is 0 Å². The summed E-state index contributed by atoms with van der Waals surface area (Å²) in [5.41, 5.74) is 5.21. The zero-order chi connectivity index (χ0) is 24.6. The molecule has 7 heteroatoms. The minimum absolute atomic E-state index is 0.0678. The Morgan fingerprint density at radius 3 is 2.40 bits per heavy atom. The number of hydrogen-bond donors (Lipinski definition) is 1. The van der Waals surface area contributed by atoms with E-state index in [0.29, 0.717) is 18.0 Å². The second-order valence-corrected chi connectivity index (χ2v) is 10.1. The summed E-state index contributed by atoms with van der Waals surface area (Å²) < 4.78 is 10.5. The number of methoxy groups -OCH3 is 2. The molecule has 0 unspecified atom stereocenters. The summed E-state index contributed by atoms with van der Waals surface area (Å²) in [6, 6.07) is 11.6. The number of likely N-dealkylation sites (tertiary alicyclic amines) is 1. The zero-order valence-electron chi connectivity index (χ0n) is 20.9. The molecule has 0 bridgehead atoms. The third-order valence-corrected chi connectivity index (χ3v) is 7.84. The van der Waals surface area contributed by atoms with Gasteiger partial charge in [-0.05, 0) is 85.0 Å². The molecule has 2 heterocycles. The van der Waals surface area contributed by atoms with Crippen molar-refractivity contribution in [1.82, 2.24) is 10.2 Å². The quantitative estimate of drug-likeness (QED) is 0.595. The molecule has 0 aromatic heterocycles. The molecule has 1 aliphatic carbocycles. The first-order valence-electron chi connectivity index (χ1n) is 12.7. The number of anilines is 1. The lowest BCUT2D eigenvalue weighted by Crippen LogP contribution is -2.52. The molecule has 2 amide bonds. The number of hydrogen-bond acceptors (Lipinski definition) is 5. The van der Waals surface area contributed by atoms with Crippen molar-refractivity contribution in [3.05, 3.63) is 58.7 Å². The Balaban J connectivity index is 1.24. The molecule has 0 atom stereocenters. The molecule has 1 spiro atoms. The average Bonchev–Trinajstić information content (AvgIpc) is 3.68. The van der Waals surface area contributed by atoms with E-state index in [4.69, 9.17) is 9.47 Å². The number of ether oxygens (including phenoxy) is 2. The van der Waals surface area contributed by atoms with Gasteiger partial charge in [0.05, 0.1) is 31.9 Å². The SMILES string of the molecule is CCc1cc(OC)c(C2CC2)cc1CN1CCC2(CC1)CN(c1ccc(C(=O)OC)cc1)C(=O)N2. The van der Waals surface area contributed by atoms with Gasteiger partial charge in [-0.2, -0.15) is 0 Å². The van der Waals surface area contributed by atoms with Crippen LogP contribution in [-0.2, 0) is 17.7 Å². The topological polar surface area (TPSA) is 71.1 Å². The van der Waals surface area contributed by atoms with Crippen molar-refractivity contribution in [2.45, 2.75) is 57.0 Å². The van der Waals surface area contributed by atoms with Crippen LogP contribution in [0.15, 0.2) is 36.4 Å². The Hall–Kier alpha value is -3.06. The van der Waals surface area contributed by atoms with Crippen molar-refractivity contribution >= 4 is 17.7 Å². The zero-order valence-corrected chi connectivity index (χ0v) is 20.9. The number of esters is 1. The fourth-order valence-electron chi connectivity index (χ4n) is 5.53. The highest BCUT2D eigenvalue weighted by atomic mass is 16.5. The van der Waals surface area contributed by atoms with Gasteiger partial charge in [0.2, 0.25) is 0 Å². The highest BCUT2D eigenvalue weighted by molar-refractivity contribution is 5.96. The summed E-state index contributed by atoms with van der Waals surface area (Å²) in [6.45, 7) is 5.69. The molecule has 0 radical (unpaired) electrons. The van der Waals surface area contributed by atoms with E-state index in [2.05, 4.69) is 29.3 Å². The number of carbonyl (C=O) groups is 2. The van der Waals surface area contributed by atoms with Gasteiger partial charge in [0.25, 0.3) is 0 Å². The minimum Gasteiger partial charge on any atom is -0.496 e. The Morgan fingerprint density at radius 2 is 1.80 bits per heavy atom. The van der Waals surface area contributed by atoms with Gasteiger partial charge in [0.1, 0.15) is 5.75 Å². The molecule has 2 aromatic rings.